The summed E-state index contributed by atoms with van der Waals surface area (Å²) < 4.78 is 0. The topological polar surface area (TPSA) is 49.4 Å². The number of halogens is 3. The molecule has 0 heterocycles. The standard InChI is InChI=1S/C24H29Cl3N2O2S/c1-5-21(23(31)28-24(2,3)4)29(15-16-6-11-19(26)20(27)14-16)22(30)12-13-32-18-9-7-17(25)8-10-18/h6-11,14,21H,5,12-13,15H2,1-4H3,(H,28,31)/t21-/m1/s1. The molecule has 0 aromatic heterocycles. The predicted molar refractivity (Wildman–Crippen MR) is 136 cm³/mol. The SMILES string of the molecule is CC[C@H](C(=O)NC(C)(C)C)N(Cc1ccc(Cl)c(Cl)c1)C(=O)CCSc1ccc(Cl)cc1. The molecule has 174 valence electrons. The molecule has 2 aromatic rings. The first kappa shape index (κ1) is 26.8. The highest BCUT2D eigenvalue weighted by molar-refractivity contribution is 7.99. The van der Waals surface area contributed by atoms with Gasteiger partial charge in [-0.15, -0.1) is 11.8 Å². The third kappa shape index (κ3) is 8.51. The lowest BCUT2D eigenvalue weighted by Crippen LogP contribution is -2.53. The summed E-state index contributed by atoms with van der Waals surface area (Å²) in [6, 6.07) is 12.2. The Morgan fingerprint density at radius 1 is 1.03 bits per heavy atom. The molecule has 8 heteroatoms. The van der Waals surface area contributed by atoms with Crippen LogP contribution in [0.25, 0.3) is 0 Å². The second kappa shape index (κ2) is 12.2. The van der Waals surface area contributed by atoms with Crippen molar-refractivity contribution in [2.75, 3.05) is 5.75 Å². The molecule has 1 N–H and O–H groups in total. The molecular weight excluding hydrogens is 487 g/mol. The van der Waals surface area contributed by atoms with Gasteiger partial charge in [0, 0.05) is 34.2 Å². The molecule has 4 nitrogen and oxygen atoms in total. The maximum Gasteiger partial charge on any atom is 0.243 e. The number of hydrogen-bond acceptors (Lipinski definition) is 3. The van der Waals surface area contributed by atoms with Crippen molar-refractivity contribution < 1.29 is 9.59 Å². The summed E-state index contributed by atoms with van der Waals surface area (Å²) in [6.45, 7) is 7.95. The minimum Gasteiger partial charge on any atom is -0.350 e. The average Bonchev–Trinajstić information content (AvgIpc) is 2.70. The van der Waals surface area contributed by atoms with Gasteiger partial charge in [-0.1, -0.05) is 47.8 Å². The van der Waals surface area contributed by atoms with Gasteiger partial charge in [0.15, 0.2) is 0 Å². The lowest BCUT2D eigenvalue weighted by Gasteiger charge is -2.33. The number of amides is 2. The second-order valence-electron chi connectivity index (χ2n) is 8.49. The van der Waals surface area contributed by atoms with Crippen molar-refractivity contribution in [1.82, 2.24) is 10.2 Å². The second-order valence-corrected chi connectivity index (χ2v) is 10.9. The number of carbonyl (C=O) groups excluding carboxylic acids is 2. The molecule has 0 bridgehead atoms. The van der Waals surface area contributed by atoms with Crippen LogP contribution in [-0.2, 0) is 16.1 Å². The minimum atomic E-state index is -0.586. The van der Waals surface area contributed by atoms with Crippen LogP contribution in [0.3, 0.4) is 0 Å². The Hall–Kier alpha value is -1.40. The average molecular weight is 516 g/mol. The first-order chi connectivity index (χ1) is 15.0. The van der Waals surface area contributed by atoms with E-state index in [9.17, 15) is 9.59 Å². The van der Waals surface area contributed by atoms with E-state index in [2.05, 4.69) is 5.32 Å². The van der Waals surface area contributed by atoms with Gasteiger partial charge in [-0.25, -0.2) is 0 Å². The summed E-state index contributed by atoms with van der Waals surface area (Å²) in [5.41, 5.74) is 0.424. The maximum absolute atomic E-state index is 13.3. The van der Waals surface area contributed by atoms with Gasteiger partial charge in [0.2, 0.25) is 11.8 Å². The number of benzene rings is 2. The Balaban J connectivity index is 2.18. The summed E-state index contributed by atoms with van der Waals surface area (Å²) >= 11 is 19.7. The number of nitrogens with zero attached hydrogens (tertiary/aromatic N) is 1. The Morgan fingerprint density at radius 3 is 2.25 bits per heavy atom. The van der Waals surface area contributed by atoms with E-state index in [-0.39, 0.29) is 18.4 Å². The normalized spacial score (nSPS) is 12.3. The van der Waals surface area contributed by atoms with Gasteiger partial charge in [0.05, 0.1) is 10.0 Å². The van der Waals surface area contributed by atoms with Crippen molar-refractivity contribution in [3.8, 4) is 0 Å². The highest BCUT2D eigenvalue weighted by Gasteiger charge is 2.30. The van der Waals surface area contributed by atoms with Crippen molar-refractivity contribution in [2.45, 2.75) is 63.6 Å². The van der Waals surface area contributed by atoms with Crippen LogP contribution in [0.2, 0.25) is 15.1 Å². The molecule has 0 saturated heterocycles. The fourth-order valence-corrected chi connectivity index (χ4v) is 4.43. The van der Waals surface area contributed by atoms with Crippen LogP contribution >= 0.6 is 46.6 Å². The largest absolute Gasteiger partial charge is 0.350 e. The van der Waals surface area contributed by atoms with Gasteiger partial charge in [0.25, 0.3) is 0 Å². The van der Waals surface area contributed by atoms with Crippen molar-refractivity contribution in [1.29, 1.82) is 0 Å². The highest BCUT2D eigenvalue weighted by atomic mass is 35.5. The molecule has 32 heavy (non-hydrogen) atoms. The number of thioether (sulfide) groups is 1. The van der Waals surface area contributed by atoms with E-state index < -0.39 is 11.6 Å². The fourth-order valence-electron chi connectivity index (χ4n) is 3.14. The molecule has 0 spiro atoms. The number of nitrogens with one attached hydrogen (secondary N) is 1. The van der Waals surface area contributed by atoms with Gasteiger partial charge in [-0.2, -0.15) is 0 Å². The fraction of sp³-hybridized carbons (Fsp3) is 0.417. The predicted octanol–water partition coefficient (Wildman–Crippen LogP) is 6.85. The molecule has 0 fully saturated rings. The first-order valence-corrected chi connectivity index (χ1v) is 12.6. The molecule has 1 atom stereocenters. The monoisotopic (exact) mass is 514 g/mol. The molecule has 2 amide bonds. The first-order valence-electron chi connectivity index (χ1n) is 10.4. The van der Waals surface area contributed by atoms with E-state index >= 15 is 0 Å². The van der Waals surface area contributed by atoms with Crippen molar-refractivity contribution in [3.63, 3.8) is 0 Å². The van der Waals surface area contributed by atoms with E-state index in [0.717, 1.165) is 10.5 Å². The lowest BCUT2D eigenvalue weighted by molar-refractivity contribution is -0.141. The third-order valence-electron chi connectivity index (χ3n) is 4.62. The summed E-state index contributed by atoms with van der Waals surface area (Å²) in [4.78, 5) is 29.0. The van der Waals surface area contributed by atoms with Crippen LogP contribution in [0, 0.1) is 0 Å². The van der Waals surface area contributed by atoms with Crippen LogP contribution in [0.5, 0.6) is 0 Å². The molecule has 0 aliphatic heterocycles. The summed E-state index contributed by atoms with van der Waals surface area (Å²) in [5.74, 6) is 0.336. The summed E-state index contributed by atoms with van der Waals surface area (Å²) in [6.07, 6.45) is 0.799. The van der Waals surface area contributed by atoms with Gasteiger partial charge in [0.1, 0.15) is 6.04 Å². The van der Waals surface area contributed by atoms with Crippen molar-refractivity contribution in [2.24, 2.45) is 0 Å². The zero-order valence-corrected chi connectivity index (χ0v) is 21.8. The van der Waals surface area contributed by atoms with Crippen LogP contribution in [0.15, 0.2) is 47.4 Å². The highest BCUT2D eigenvalue weighted by Crippen LogP contribution is 2.25. The molecule has 2 rings (SSSR count). The summed E-state index contributed by atoms with van der Waals surface area (Å²) in [5, 5.41) is 4.54. The number of rotatable bonds is 9. The molecular formula is C24H29Cl3N2O2S. The molecule has 0 saturated carbocycles. The van der Waals surface area contributed by atoms with E-state index in [1.165, 1.54) is 0 Å². The Kier molecular flexibility index (Phi) is 10.2. The zero-order valence-electron chi connectivity index (χ0n) is 18.8. The minimum absolute atomic E-state index is 0.0894. The van der Waals surface area contributed by atoms with Gasteiger partial charge in [-0.05, 0) is 69.2 Å². The Morgan fingerprint density at radius 2 is 1.69 bits per heavy atom. The maximum atomic E-state index is 13.3. The molecule has 0 unspecified atom stereocenters. The van der Waals surface area contributed by atoms with Crippen LogP contribution in [-0.4, -0.2) is 34.0 Å². The third-order valence-corrected chi connectivity index (χ3v) is 6.62. The van der Waals surface area contributed by atoms with Crippen LogP contribution < -0.4 is 5.32 Å². The van der Waals surface area contributed by atoms with Crippen LogP contribution in [0.1, 0.15) is 46.1 Å². The summed E-state index contributed by atoms with van der Waals surface area (Å²) in [7, 11) is 0. The van der Waals surface area contributed by atoms with Crippen molar-refractivity contribution in [3.05, 3.63) is 63.1 Å². The van der Waals surface area contributed by atoms with Crippen molar-refractivity contribution >= 4 is 58.4 Å². The van der Waals surface area contributed by atoms with E-state index in [4.69, 9.17) is 34.8 Å². The molecule has 2 aromatic carbocycles. The smallest absolute Gasteiger partial charge is 0.243 e. The van der Waals surface area contributed by atoms with Gasteiger partial charge in [-0.3, -0.25) is 9.59 Å². The Labute approximate surface area is 210 Å². The van der Waals surface area contributed by atoms with Crippen LogP contribution in [0.4, 0.5) is 0 Å². The van der Waals surface area contributed by atoms with E-state index in [1.807, 2.05) is 58.0 Å². The molecule has 0 aliphatic rings. The van der Waals surface area contributed by atoms with E-state index in [1.54, 1.807) is 28.8 Å². The molecule has 0 radical (unpaired) electrons. The Bertz CT molecular complexity index is 930. The quantitative estimate of drug-likeness (QED) is 0.371. The van der Waals surface area contributed by atoms with E-state index in [0.29, 0.717) is 33.7 Å². The number of hydrogen-bond donors (Lipinski definition) is 1. The number of carbonyl (C=O) groups is 2. The van der Waals surface area contributed by atoms with Gasteiger partial charge >= 0.3 is 0 Å². The van der Waals surface area contributed by atoms with Gasteiger partial charge < -0.3 is 10.2 Å². The molecule has 0 aliphatic carbocycles. The lowest BCUT2D eigenvalue weighted by atomic mass is 10.1. The zero-order chi connectivity index (χ0) is 23.9.